The topological polar surface area (TPSA) is 86.7 Å². The smallest absolute Gasteiger partial charge is 0.243 e. The Hall–Kier alpha value is -2.03. The minimum Gasteiger partial charge on any atom is -0.506 e. The Balaban J connectivity index is 1.68. The van der Waals surface area contributed by atoms with E-state index in [1.165, 1.54) is 34.3 Å². The van der Waals surface area contributed by atoms with Crippen molar-refractivity contribution in [3.05, 3.63) is 54.1 Å². The molecule has 28 heavy (non-hydrogen) atoms. The molecule has 0 aromatic heterocycles. The molecule has 1 saturated heterocycles. The average Bonchev–Trinajstić information content (AvgIpc) is 3.24. The second-order valence-electron chi connectivity index (χ2n) is 6.72. The zero-order chi connectivity index (χ0) is 20.1. The number of carbonyl (C=O) groups is 1. The van der Waals surface area contributed by atoms with Crippen LogP contribution >= 0.6 is 11.8 Å². The Morgan fingerprint density at radius 1 is 1.18 bits per heavy atom. The molecule has 1 atom stereocenters. The molecule has 2 N–H and O–H groups in total. The first-order valence-corrected chi connectivity index (χ1v) is 11.7. The van der Waals surface area contributed by atoms with E-state index >= 15 is 0 Å². The van der Waals surface area contributed by atoms with Crippen LogP contribution in [-0.4, -0.2) is 42.1 Å². The zero-order valence-corrected chi connectivity index (χ0v) is 17.3. The van der Waals surface area contributed by atoms with Crippen LogP contribution in [0.4, 0.5) is 5.69 Å². The number of carbonyl (C=O) groups excluding carboxylic acids is 1. The molecule has 0 aliphatic carbocycles. The lowest BCUT2D eigenvalue weighted by atomic mass is 10.2. The first-order chi connectivity index (χ1) is 13.4. The molecular formula is C20H24N2O4S2. The fourth-order valence-corrected chi connectivity index (χ4v) is 5.35. The number of nitrogens with one attached hydrogen (secondary N) is 1. The fourth-order valence-electron chi connectivity index (χ4n) is 2.96. The van der Waals surface area contributed by atoms with Gasteiger partial charge in [0.2, 0.25) is 15.9 Å². The molecule has 1 fully saturated rings. The van der Waals surface area contributed by atoms with Crippen LogP contribution < -0.4 is 5.32 Å². The van der Waals surface area contributed by atoms with Gasteiger partial charge < -0.3 is 10.4 Å². The summed E-state index contributed by atoms with van der Waals surface area (Å²) in [6, 6.07) is 13.8. The molecule has 2 aromatic rings. The lowest BCUT2D eigenvalue weighted by molar-refractivity contribution is -0.115. The number of phenols is 1. The van der Waals surface area contributed by atoms with Gasteiger partial charge in [0, 0.05) is 18.8 Å². The van der Waals surface area contributed by atoms with Crippen molar-refractivity contribution in [2.75, 3.05) is 18.4 Å². The summed E-state index contributed by atoms with van der Waals surface area (Å²) < 4.78 is 26.8. The van der Waals surface area contributed by atoms with Gasteiger partial charge in [-0.1, -0.05) is 30.3 Å². The number of thioether (sulfide) groups is 1. The van der Waals surface area contributed by atoms with Crippen LogP contribution in [0.3, 0.4) is 0 Å². The van der Waals surface area contributed by atoms with E-state index < -0.39 is 10.0 Å². The Bertz CT molecular complexity index is 926. The molecule has 0 spiro atoms. The molecule has 150 valence electrons. The summed E-state index contributed by atoms with van der Waals surface area (Å²) in [5.74, 6) is 0.242. The normalized spacial score (nSPS) is 16.0. The summed E-state index contributed by atoms with van der Waals surface area (Å²) in [4.78, 5) is 12.6. The molecular weight excluding hydrogens is 396 g/mol. The molecule has 3 rings (SSSR count). The van der Waals surface area contributed by atoms with Gasteiger partial charge in [0.25, 0.3) is 0 Å². The Labute approximate surface area is 170 Å². The van der Waals surface area contributed by atoms with Crippen LogP contribution in [0.2, 0.25) is 0 Å². The van der Waals surface area contributed by atoms with Gasteiger partial charge in [-0.2, -0.15) is 4.31 Å². The molecule has 8 heteroatoms. The minimum absolute atomic E-state index is 0.0760. The summed E-state index contributed by atoms with van der Waals surface area (Å²) in [7, 11) is -3.61. The van der Waals surface area contributed by atoms with Gasteiger partial charge in [0.1, 0.15) is 5.75 Å². The molecule has 1 aliphatic rings. The molecule has 1 unspecified atom stereocenters. The fraction of sp³-hybridized carbons (Fsp3) is 0.350. The Morgan fingerprint density at radius 2 is 1.86 bits per heavy atom. The number of hydrogen-bond acceptors (Lipinski definition) is 5. The molecule has 0 saturated carbocycles. The van der Waals surface area contributed by atoms with Crippen molar-refractivity contribution in [3.63, 3.8) is 0 Å². The molecule has 6 nitrogen and oxygen atoms in total. The second-order valence-corrected chi connectivity index (χ2v) is 9.99. The highest BCUT2D eigenvalue weighted by atomic mass is 32.2. The van der Waals surface area contributed by atoms with Crippen molar-refractivity contribution >= 4 is 33.4 Å². The number of hydrogen-bond donors (Lipinski definition) is 2. The van der Waals surface area contributed by atoms with Crippen molar-refractivity contribution in [2.24, 2.45) is 0 Å². The summed E-state index contributed by atoms with van der Waals surface area (Å²) >= 11 is 1.47. The zero-order valence-electron chi connectivity index (χ0n) is 15.7. The van der Waals surface area contributed by atoms with Gasteiger partial charge >= 0.3 is 0 Å². The van der Waals surface area contributed by atoms with Crippen molar-refractivity contribution in [2.45, 2.75) is 35.7 Å². The van der Waals surface area contributed by atoms with Gasteiger partial charge in [-0.05, 0) is 43.5 Å². The average molecular weight is 421 g/mol. The van der Waals surface area contributed by atoms with Crippen LogP contribution in [-0.2, 0) is 20.6 Å². The number of benzene rings is 2. The quantitative estimate of drug-likeness (QED) is 0.670. The van der Waals surface area contributed by atoms with E-state index in [-0.39, 0.29) is 27.5 Å². The molecule has 2 aromatic carbocycles. The maximum Gasteiger partial charge on any atom is 0.243 e. The molecule has 1 amide bonds. The van der Waals surface area contributed by atoms with E-state index in [1.54, 1.807) is 6.92 Å². The van der Waals surface area contributed by atoms with Crippen molar-refractivity contribution in [1.29, 1.82) is 0 Å². The summed E-state index contributed by atoms with van der Waals surface area (Å²) in [5.41, 5.74) is 1.23. The summed E-state index contributed by atoms with van der Waals surface area (Å²) in [6.45, 7) is 2.78. The first-order valence-electron chi connectivity index (χ1n) is 9.17. The highest BCUT2D eigenvalue weighted by Gasteiger charge is 2.28. The number of rotatable bonds is 7. The van der Waals surface area contributed by atoms with Crippen LogP contribution in [0.5, 0.6) is 5.75 Å². The molecule has 0 bridgehead atoms. The van der Waals surface area contributed by atoms with Crippen LogP contribution in [0.25, 0.3) is 0 Å². The predicted octanol–water partition coefficient (Wildman–Crippen LogP) is 3.44. The van der Waals surface area contributed by atoms with E-state index in [2.05, 4.69) is 5.32 Å². The molecule has 0 radical (unpaired) electrons. The van der Waals surface area contributed by atoms with Crippen LogP contribution in [0, 0.1) is 0 Å². The van der Waals surface area contributed by atoms with Crippen molar-refractivity contribution in [3.8, 4) is 5.75 Å². The van der Waals surface area contributed by atoms with Gasteiger partial charge in [-0.15, -0.1) is 11.8 Å². The first kappa shape index (κ1) is 20.7. The lowest BCUT2D eigenvalue weighted by Gasteiger charge is -2.17. The Morgan fingerprint density at radius 3 is 2.54 bits per heavy atom. The second kappa shape index (κ2) is 8.98. The monoisotopic (exact) mass is 420 g/mol. The van der Waals surface area contributed by atoms with Crippen LogP contribution in [0.15, 0.2) is 53.4 Å². The maximum absolute atomic E-state index is 12.7. The minimum atomic E-state index is -3.61. The maximum atomic E-state index is 12.7. The third-order valence-corrected chi connectivity index (χ3v) is 7.75. The number of nitrogens with zero attached hydrogens (tertiary/aromatic N) is 1. The van der Waals surface area contributed by atoms with E-state index in [0.29, 0.717) is 18.8 Å². The van der Waals surface area contributed by atoms with E-state index in [1.807, 2.05) is 30.3 Å². The molecule has 1 aliphatic heterocycles. The number of sulfonamides is 1. The lowest BCUT2D eigenvalue weighted by Crippen LogP contribution is -2.28. The standard InChI is InChI=1S/C20H24N2O4S2/c1-15(27-14-16-7-3-2-4-8-16)20(24)21-18-13-17(9-10-19(18)23)28(25,26)22-11-5-6-12-22/h2-4,7-10,13,15,23H,5-6,11-12,14H2,1H3,(H,21,24). The molecule has 1 heterocycles. The highest BCUT2D eigenvalue weighted by Crippen LogP contribution is 2.30. The highest BCUT2D eigenvalue weighted by molar-refractivity contribution is 7.99. The number of anilines is 1. The largest absolute Gasteiger partial charge is 0.506 e. The number of aromatic hydroxyl groups is 1. The van der Waals surface area contributed by atoms with E-state index in [0.717, 1.165) is 18.4 Å². The van der Waals surface area contributed by atoms with E-state index in [9.17, 15) is 18.3 Å². The third kappa shape index (κ3) is 4.87. The van der Waals surface area contributed by atoms with Gasteiger partial charge in [0.15, 0.2) is 0 Å². The van der Waals surface area contributed by atoms with Crippen molar-refractivity contribution < 1.29 is 18.3 Å². The number of amides is 1. The third-order valence-electron chi connectivity index (χ3n) is 4.64. The summed E-state index contributed by atoms with van der Waals surface area (Å²) in [6.07, 6.45) is 1.69. The van der Waals surface area contributed by atoms with Gasteiger partial charge in [-0.3, -0.25) is 4.79 Å². The predicted molar refractivity (Wildman–Crippen MR) is 112 cm³/mol. The SMILES string of the molecule is CC(SCc1ccccc1)C(=O)Nc1cc(S(=O)(=O)N2CCCC2)ccc1O. The van der Waals surface area contributed by atoms with E-state index in [4.69, 9.17) is 0 Å². The van der Waals surface area contributed by atoms with Crippen LogP contribution in [0.1, 0.15) is 25.3 Å². The number of phenolic OH excluding ortho intramolecular Hbond substituents is 1. The Kier molecular flexibility index (Phi) is 6.64. The van der Waals surface area contributed by atoms with Gasteiger partial charge in [-0.25, -0.2) is 8.42 Å². The van der Waals surface area contributed by atoms with Crippen molar-refractivity contribution in [1.82, 2.24) is 4.31 Å². The summed E-state index contributed by atoms with van der Waals surface area (Å²) in [5, 5.41) is 12.4. The van der Waals surface area contributed by atoms with Gasteiger partial charge in [0.05, 0.1) is 15.8 Å².